The largest absolute Gasteiger partial charge is 0.330 e. The average molecular weight is 157 g/mol. The topological polar surface area (TPSA) is 26.0 Å². The lowest BCUT2D eigenvalue weighted by Gasteiger charge is -2.27. The van der Waals surface area contributed by atoms with Crippen LogP contribution in [0.25, 0.3) is 0 Å². The minimum absolute atomic E-state index is 0.519. The third-order valence-electron chi connectivity index (χ3n) is 2.74. The predicted octanol–water partition coefficient (Wildman–Crippen LogP) is 2.94. The van der Waals surface area contributed by atoms with Gasteiger partial charge in [0, 0.05) is 0 Å². The van der Waals surface area contributed by atoms with Crippen molar-refractivity contribution in [2.24, 2.45) is 11.1 Å². The Hall–Kier alpha value is -0.0400. The molecule has 68 valence electrons. The van der Waals surface area contributed by atoms with Gasteiger partial charge in [-0.2, -0.15) is 0 Å². The molecule has 0 radical (unpaired) electrons. The molecule has 1 heteroatoms. The van der Waals surface area contributed by atoms with Gasteiger partial charge in [-0.15, -0.1) is 0 Å². The van der Waals surface area contributed by atoms with Gasteiger partial charge in [-0.3, -0.25) is 0 Å². The second-order valence-electron chi connectivity index (χ2n) is 3.81. The second-order valence-corrected chi connectivity index (χ2v) is 3.81. The van der Waals surface area contributed by atoms with Gasteiger partial charge in [0.1, 0.15) is 0 Å². The second kappa shape index (κ2) is 5.59. The van der Waals surface area contributed by atoms with Gasteiger partial charge in [0.25, 0.3) is 0 Å². The van der Waals surface area contributed by atoms with Crippen LogP contribution in [0.5, 0.6) is 0 Å². The van der Waals surface area contributed by atoms with E-state index in [-0.39, 0.29) is 0 Å². The summed E-state index contributed by atoms with van der Waals surface area (Å²) in [6, 6.07) is 0. The highest BCUT2D eigenvalue weighted by Gasteiger charge is 2.19. The van der Waals surface area contributed by atoms with E-state index in [1.807, 2.05) is 0 Å². The molecule has 1 nitrogen and oxygen atoms in total. The van der Waals surface area contributed by atoms with Gasteiger partial charge in [-0.1, -0.05) is 40.0 Å². The standard InChI is InChI=1S/C10H23N/c1-4-6-7-10(3,5-2)8-9-11/h4-9,11H2,1-3H3. The normalized spacial score (nSPS) is 16.4. The number of rotatable bonds is 6. The molecule has 0 saturated heterocycles. The third-order valence-corrected chi connectivity index (χ3v) is 2.74. The maximum absolute atomic E-state index is 5.56. The Labute approximate surface area is 71.4 Å². The molecule has 0 aromatic heterocycles. The first-order valence-corrected chi connectivity index (χ1v) is 4.88. The first kappa shape index (κ1) is 11.0. The molecule has 0 aromatic rings. The summed E-state index contributed by atoms with van der Waals surface area (Å²) in [6.07, 6.45) is 6.45. The summed E-state index contributed by atoms with van der Waals surface area (Å²) in [6.45, 7) is 7.72. The van der Waals surface area contributed by atoms with Crippen molar-refractivity contribution in [1.82, 2.24) is 0 Å². The van der Waals surface area contributed by atoms with Crippen molar-refractivity contribution >= 4 is 0 Å². The Morgan fingerprint density at radius 1 is 1.18 bits per heavy atom. The first-order chi connectivity index (χ1) is 5.18. The van der Waals surface area contributed by atoms with Gasteiger partial charge in [0.2, 0.25) is 0 Å². The van der Waals surface area contributed by atoms with E-state index in [9.17, 15) is 0 Å². The Morgan fingerprint density at radius 3 is 2.18 bits per heavy atom. The lowest BCUT2D eigenvalue weighted by Crippen LogP contribution is -2.19. The molecule has 1 unspecified atom stereocenters. The number of nitrogens with two attached hydrogens (primary N) is 1. The van der Waals surface area contributed by atoms with Crippen LogP contribution in [0.4, 0.5) is 0 Å². The van der Waals surface area contributed by atoms with E-state index in [0.717, 1.165) is 6.54 Å². The Balaban J connectivity index is 3.68. The maximum Gasteiger partial charge on any atom is -0.00721 e. The molecule has 0 heterocycles. The van der Waals surface area contributed by atoms with Crippen LogP contribution in [0, 0.1) is 5.41 Å². The number of hydrogen-bond donors (Lipinski definition) is 1. The molecule has 0 rings (SSSR count). The van der Waals surface area contributed by atoms with Crippen molar-refractivity contribution in [3.05, 3.63) is 0 Å². The van der Waals surface area contributed by atoms with Gasteiger partial charge < -0.3 is 5.73 Å². The summed E-state index contributed by atoms with van der Waals surface area (Å²) in [4.78, 5) is 0. The fourth-order valence-electron chi connectivity index (χ4n) is 1.43. The Morgan fingerprint density at radius 2 is 1.82 bits per heavy atom. The molecule has 0 fully saturated rings. The van der Waals surface area contributed by atoms with Crippen molar-refractivity contribution in [2.75, 3.05) is 6.54 Å². The summed E-state index contributed by atoms with van der Waals surface area (Å²) in [5.74, 6) is 0. The van der Waals surface area contributed by atoms with Crippen LogP contribution in [-0.2, 0) is 0 Å². The number of hydrogen-bond acceptors (Lipinski definition) is 1. The predicted molar refractivity (Wildman–Crippen MR) is 51.6 cm³/mol. The molecule has 11 heavy (non-hydrogen) atoms. The highest BCUT2D eigenvalue weighted by molar-refractivity contribution is 4.72. The molecular formula is C10H23N. The van der Waals surface area contributed by atoms with E-state index in [2.05, 4.69) is 20.8 Å². The minimum atomic E-state index is 0.519. The average Bonchev–Trinajstić information content (AvgIpc) is 2.02. The fourth-order valence-corrected chi connectivity index (χ4v) is 1.43. The van der Waals surface area contributed by atoms with Crippen molar-refractivity contribution < 1.29 is 0 Å². The smallest absolute Gasteiger partial charge is 0.00721 e. The van der Waals surface area contributed by atoms with Crippen LogP contribution in [0.2, 0.25) is 0 Å². The van der Waals surface area contributed by atoms with Crippen LogP contribution in [0.1, 0.15) is 52.9 Å². The van der Waals surface area contributed by atoms with Crippen molar-refractivity contribution in [3.63, 3.8) is 0 Å². The zero-order valence-electron chi connectivity index (χ0n) is 8.32. The molecule has 2 N–H and O–H groups in total. The van der Waals surface area contributed by atoms with Gasteiger partial charge in [0.05, 0.1) is 0 Å². The monoisotopic (exact) mass is 157 g/mol. The zero-order valence-corrected chi connectivity index (χ0v) is 8.32. The molecule has 0 aliphatic rings. The molecule has 0 amide bonds. The van der Waals surface area contributed by atoms with Crippen LogP contribution < -0.4 is 5.73 Å². The van der Waals surface area contributed by atoms with Crippen LogP contribution in [0.15, 0.2) is 0 Å². The summed E-state index contributed by atoms with van der Waals surface area (Å²) in [5.41, 5.74) is 6.08. The molecule has 0 bridgehead atoms. The lowest BCUT2D eigenvalue weighted by molar-refractivity contribution is 0.258. The SMILES string of the molecule is CCCCC(C)(CC)CCN. The summed E-state index contributed by atoms with van der Waals surface area (Å²) in [7, 11) is 0. The van der Waals surface area contributed by atoms with Crippen molar-refractivity contribution in [3.8, 4) is 0 Å². The molecular weight excluding hydrogens is 134 g/mol. The highest BCUT2D eigenvalue weighted by atomic mass is 14.5. The van der Waals surface area contributed by atoms with E-state index in [0.29, 0.717) is 5.41 Å². The van der Waals surface area contributed by atoms with Gasteiger partial charge in [0.15, 0.2) is 0 Å². The van der Waals surface area contributed by atoms with Crippen LogP contribution in [0.3, 0.4) is 0 Å². The van der Waals surface area contributed by atoms with Crippen molar-refractivity contribution in [1.29, 1.82) is 0 Å². The molecule has 0 aliphatic carbocycles. The third kappa shape index (κ3) is 4.41. The van der Waals surface area contributed by atoms with Gasteiger partial charge in [-0.25, -0.2) is 0 Å². The molecule has 0 aliphatic heterocycles. The number of unbranched alkanes of at least 4 members (excludes halogenated alkanes) is 1. The van der Waals surface area contributed by atoms with E-state index >= 15 is 0 Å². The lowest BCUT2D eigenvalue weighted by atomic mass is 9.79. The van der Waals surface area contributed by atoms with E-state index in [4.69, 9.17) is 5.73 Å². The van der Waals surface area contributed by atoms with Crippen LogP contribution >= 0.6 is 0 Å². The Kier molecular flexibility index (Phi) is 5.57. The minimum Gasteiger partial charge on any atom is -0.330 e. The summed E-state index contributed by atoms with van der Waals surface area (Å²) < 4.78 is 0. The first-order valence-electron chi connectivity index (χ1n) is 4.88. The molecule has 0 aromatic carbocycles. The quantitative estimate of drug-likeness (QED) is 0.630. The summed E-state index contributed by atoms with van der Waals surface area (Å²) in [5, 5.41) is 0. The zero-order chi connectivity index (χ0) is 8.74. The van der Waals surface area contributed by atoms with Crippen molar-refractivity contribution in [2.45, 2.75) is 52.9 Å². The fraction of sp³-hybridized carbons (Fsp3) is 1.00. The Bertz CT molecular complexity index is 90.9. The maximum atomic E-state index is 5.56. The van der Waals surface area contributed by atoms with E-state index in [1.54, 1.807) is 0 Å². The molecule has 0 saturated carbocycles. The van der Waals surface area contributed by atoms with E-state index < -0.39 is 0 Å². The van der Waals surface area contributed by atoms with Crippen LogP contribution in [-0.4, -0.2) is 6.54 Å². The summed E-state index contributed by atoms with van der Waals surface area (Å²) >= 11 is 0. The molecule has 0 spiro atoms. The van der Waals surface area contributed by atoms with Gasteiger partial charge in [-0.05, 0) is 24.8 Å². The van der Waals surface area contributed by atoms with Gasteiger partial charge >= 0.3 is 0 Å². The molecule has 1 atom stereocenters. The highest BCUT2D eigenvalue weighted by Crippen LogP contribution is 2.31. The van der Waals surface area contributed by atoms with E-state index in [1.165, 1.54) is 32.1 Å².